The molecular weight excluding hydrogens is 522 g/mol. The average molecular weight is 557 g/mol. The number of benzene rings is 1. The van der Waals surface area contributed by atoms with E-state index in [0.717, 1.165) is 43.5 Å². The molecule has 4 aliphatic rings. The monoisotopic (exact) mass is 556 g/mol. The third-order valence-corrected chi connectivity index (χ3v) is 10.7. The molecule has 2 saturated carbocycles. The van der Waals surface area contributed by atoms with Gasteiger partial charge in [0.15, 0.2) is 0 Å². The lowest BCUT2D eigenvalue weighted by Crippen LogP contribution is -2.65. The van der Waals surface area contributed by atoms with Crippen molar-refractivity contribution in [1.82, 2.24) is 10.2 Å². The first-order chi connectivity index (χ1) is 18.1. The van der Waals surface area contributed by atoms with Crippen molar-refractivity contribution >= 4 is 11.8 Å². The quantitative estimate of drug-likeness (QED) is 0.431. The molecule has 1 N–H and O–H groups in total. The molecule has 39 heavy (non-hydrogen) atoms. The van der Waals surface area contributed by atoms with Gasteiger partial charge >= 0.3 is 12.4 Å². The highest BCUT2D eigenvalue weighted by atomic mass is 19.4. The van der Waals surface area contributed by atoms with Gasteiger partial charge < -0.3 is 10.2 Å². The zero-order valence-electron chi connectivity index (χ0n) is 22.3. The Morgan fingerprint density at radius 3 is 2.21 bits per heavy atom. The fourth-order valence-corrected chi connectivity index (χ4v) is 8.70. The molecule has 1 unspecified atom stereocenters. The molecule has 1 aromatic carbocycles. The Balaban J connectivity index is 1.45. The van der Waals surface area contributed by atoms with Crippen LogP contribution in [-0.2, 0) is 15.1 Å². The van der Waals surface area contributed by atoms with Crippen LogP contribution in [0.4, 0.5) is 26.3 Å². The van der Waals surface area contributed by atoms with Crippen molar-refractivity contribution in [3.05, 3.63) is 47.5 Å². The first kappa shape index (κ1) is 28.0. The number of piperidine rings is 1. The molecule has 6 atom stereocenters. The SMILES string of the molecule is CN1C(=O)CC[C@@]2(C)C1CC[C@@H]1[C@H]2CC[C@]2(C)C(C(=O)NC(c3ccccc3)(C(F)(F)F)C(F)(F)F)=CC[C@@H]12. The number of hydrogen-bond acceptors (Lipinski definition) is 2. The van der Waals surface area contributed by atoms with Gasteiger partial charge in [0.05, 0.1) is 0 Å². The second-order valence-electron chi connectivity index (χ2n) is 12.4. The maximum absolute atomic E-state index is 14.3. The van der Waals surface area contributed by atoms with Gasteiger partial charge in [-0.05, 0) is 67.3 Å². The molecule has 3 fully saturated rings. The summed E-state index contributed by atoms with van der Waals surface area (Å²) in [6, 6.07) is 5.10. The van der Waals surface area contributed by atoms with Crippen molar-refractivity contribution in [2.45, 2.75) is 82.7 Å². The minimum absolute atomic E-state index is 0.0166. The zero-order valence-corrected chi connectivity index (χ0v) is 22.3. The smallest absolute Gasteiger partial charge is 0.342 e. The molecule has 214 valence electrons. The van der Waals surface area contributed by atoms with Crippen molar-refractivity contribution in [3.8, 4) is 0 Å². The molecule has 1 heterocycles. The van der Waals surface area contributed by atoms with Crippen LogP contribution in [0.5, 0.6) is 0 Å². The Kier molecular flexibility index (Phi) is 6.46. The lowest BCUT2D eigenvalue weighted by Gasteiger charge is -2.61. The number of halogens is 6. The van der Waals surface area contributed by atoms with E-state index in [0.29, 0.717) is 25.7 Å². The Labute approximate surface area is 224 Å². The van der Waals surface area contributed by atoms with E-state index in [-0.39, 0.29) is 40.7 Å². The van der Waals surface area contributed by atoms with Gasteiger partial charge in [-0.1, -0.05) is 50.3 Å². The van der Waals surface area contributed by atoms with Gasteiger partial charge in [0.2, 0.25) is 11.8 Å². The molecular formula is C29H34F6N2O2. The van der Waals surface area contributed by atoms with E-state index in [4.69, 9.17) is 0 Å². The Bertz CT molecular complexity index is 1160. The number of alkyl halides is 6. The molecule has 1 aromatic rings. The highest BCUT2D eigenvalue weighted by molar-refractivity contribution is 5.96. The van der Waals surface area contributed by atoms with Crippen molar-refractivity contribution in [2.75, 3.05) is 7.05 Å². The summed E-state index contributed by atoms with van der Waals surface area (Å²) in [7, 11) is 1.84. The fourth-order valence-electron chi connectivity index (χ4n) is 8.70. The molecule has 2 amide bonds. The molecule has 0 bridgehead atoms. The third-order valence-electron chi connectivity index (χ3n) is 10.7. The standard InChI is InChI=1S/C29H34F6N2O2/c1-25-15-13-20-18(9-12-22-26(20,2)16-14-23(38)37(22)3)19(25)10-11-21(25)24(39)36-27(28(30,31)32,29(33,34)35)17-7-5-4-6-8-17/h4-8,11,18-20,22H,9-10,12-16H2,1-3H3,(H,36,39)/t18-,19-,20+,22?,25-,26+/m0/s1. The van der Waals surface area contributed by atoms with E-state index in [1.54, 1.807) is 6.08 Å². The molecule has 0 aromatic heterocycles. The number of likely N-dealkylation sites (tertiary alicyclic amines) is 1. The average Bonchev–Trinajstić information content (AvgIpc) is 3.21. The van der Waals surface area contributed by atoms with Gasteiger partial charge in [-0.2, -0.15) is 26.3 Å². The zero-order chi connectivity index (χ0) is 28.6. The van der Waals surface area contributed by atoms with Crippen LogP contribution in [-0.4, -0.2) is 42.2 Å². The first-order valence-electron chi connectivity index (χ1n) is 13.6. The van der Waals surface area contributed by atoms with Gasteiger partial charge in [-0.3, -0.25) is 9.59 Å². The van der Waals surface area contributed by atoms with Crippen LogP contribution in [0.2, 0.25) is 0 Å². The Hall–Kier alpha value is -2.52. The Morgan fingerprint density at radius 2 is 1.59 bits per heavy atom. The summed E-state index contributed by atoms with van der Waals surface area (Å²) >= 11 is 0. The van der Waals surface area contributed by atoms with E-state index in [1.807, 2.05) is 18.9 Å². The number of nitrogens with zero attached hydrogens (tertiary/aromatic N) is 1. The number of amides is 2. The van der Waals surface area contributed by atoms with Crippen molar-refractivity contribution in [1.29, 1.82) is 0 Å². The lowest BCUT2D eigenvalue weighted by atomic mass is 9.47. The number of rotatable bonds is 3. The lowest BCUT2D eigenvalue weighted by molar-refractivity contribution is -0.311. The summed E-state index contributed by atoms with van der Waals surface area (Å²) in [6.45, 7) is 4.04. The van der Waals surface area contributed by atoms with Gasteiger partial charge in [-0.25, -0.2) is 0 Å². The third kappa shape index (κ3) is 3.94. The highest BCUT2D eigenvalue weighted by Crippen LogP contribution is 2.65. The summed E-state index contributed by atoms with van der Waals surface area (Å²) in [4.78, 5) is 27.7. The molecule has 1 saturated heterocycles. The molecule has 1 aliphatic heterocycles. The van der Waals surface area contributed by atoms with Crippen LogP contribution in [0.1, 0.15) is 64.4 Å². The van der Waals surface area contributed by atoms with Gasteiger partial charge in [0, 0.05) is 30.5 Å². The van der Waals surface area contributed by atoms with E-state index in [2.05, 4.69) is 6.92 Å². The van der Waals surface area contributed by atoms with Crippen molar-refractivity contribution < 1.29 is 35.9 Å². The van der Waals surface area contributed by atoms with Crippen LogP contribution in [0.3, 0.4) is 0 Å². The maximum atomic E-state index is 14.3. The number of fused-ring (bicyclic) bond motifs is 5. The molecule has 4 nitrogen and oxygen atoms in total. The normalized spacial score (nSPS) is 35.1. The van der Waals surface area contributed by atoms with Crippen LogP contribution >= 0.6 is 0 Å². The maximum Gasteiger partial charge on any atom is 0.424 e. The number of nitrogens with one attached hydrogen (secondary N) is 1. The second kappa shape index (κ2) is 8.99. The number of carbonyl (C=O) groups is 2. The van der Waals surface area contributed by atoms with E-state index < -0.39 is 34.8 Å². The van der Waals surface area contributed by atoms with Gasteiger partial charge in [0.25, 0.3) is 5.54 Å². The number of allylic oxidation sites excluding steroid dienone is 1. The van der Waals surface area contributed by atoms with Crippen LogP contribution in [0, 0.1) is 28.6 Å². The summed E-state index contributed by atoms with van der Waals surface area (Å²) in [5, 5.41) is 1.46. The van der Waals surface area contributed by atoms with Crippen LogP contribution in [0.15, 0.2) is 42.0 Å². The minimum atomic E-state index is -5.82. The summed E-state index contributed by atoms with van der Waals surface area (Å²) in [5.41, 5.74) is -6.53. The van der Waals surface area contributed by atoms with E-state index in [9.17, 15) is 35.9 Å². The van der Waals surface area contributed by atoms with E-state index in [1.165, 1.54) is 11.4 Å². The highest BCUT2D eigenvalue weighted by Gasteiger charge is 2.73. The van der Waals surface area contributed by atoms with Crippen molar-refractivity contribution in [3.63, 3.8) is 0 Å². The summed E-state index contributed by atoms with van der Waals surface area (Å²) < 4.78 is 86.0. The van der Waals surface area contributed by atoms with Gasteiger partial charge in [-0.15, -0.1) is 0 Å². The number of carbonyl (C=O) groups excluding carboxylic acids is 2. The molecule has 0 spiro atoms. The second-order valence-corrected chi connectivity index (χ2v) is 12.4. The predicted octanol–water partition coefficient (Wildman–Crippen LogP) is 6.52. The van der Waals surface area contributed by atoms with Crippen molar-refractivity contribution in [2.24, 2.45) is 28.6 Å². The van der Waals surface area contributed by atoms with Crippen LogP contribution in [0.25, 0.3) is 0 Å². The molecule has 5 rings (SSSR count). The largest absolute Gasteiger partial charge is 0.424 e. The predicted molar refractivity (Wildman–Crippen MR) is 132 cm³/mol. The van der Waals surface area contributed by atoms with Crippen LogP contribution < -0.4 is 5.32 Å². The minimum Gasteiger partial charge on any atom is -0.342 e. The molecule has 3 aliphatic carbocycles. The first-order valence-corrected chi connectivity index (χ1v) is 13.6. The topological polar surface area (TPSA) is 49.4 Å². The molecule has 0 radical (unpaired) electrons. The molecule has 10 heteroatoms. The summed E-state index contributed by atoms with van der Waals surface area (Å²) in [5.74, 6) is -0.790. The summed E-state index contributed by atoms with van der Waals surface area (Å²) in [6.07, 6.45) is -5.60. The Morgan fingerprint density at radius 1 is 0.949 bits per heavy atom. The fraction of sp³-hybridized carbons (Fsp3) is 0.655. The van der Waals surface area contributed by atoms with E-state index >= 15 is 0 Å². The number of hydrogen-bond donors (Lipinski definition) is 1. The van der Waals surface area contributed by atoms with Gasteiger partial charge in [0.1, 0.15) is 0 Å².